The fourth-order valence-corrected chi connectivity index (χ4v) is 5.96. The highest BCUT2D eigenvalue weighted by Crippen LogP contribution is 2.53. The van der Waals surface area contributed by atoms with Crippen molar-refractivity contribution in [3.8, 4) is 11.8 Å². The van der Waals surface area contributed by atoms with Gasteiger partial charge in [-0.15, -0.1) is 10.2 Å². The van der Waals surface area contributed by atoms with Crippen molar-refractivity contribution in [2.45, 2.75) is 64.6 Å². The number of nitrogens with one attached hydrogen (secondary N) is 1. The SMILES string of the molecule is COc1cc(C)c2[nH]ccc2c1C(OCc1nnc(C)o1)(c1nc2cc(C#N)ccc2n1COCC[Si](C)(C)C)C(F)(F)F. The van der Waals surface area contributed by atoms with E-state index in [1.54, 1.807) is 25.3 Å². The van der Waals surface area contributed by atoms with Gasteiger partial charge >= 0.3 is 6.18 Å². The number of aromatic amines is 1. The normalized spacial score (nSPS) is 13.8. The Morgan fingerprint density at radius 3 is 2.52 bits per heavy atom. The summed E-state index contributed by atoms with van der Waals surface area (Å²) < 4.78 is 72.7. The Kier molecular flexibility index (Phi) is 8.32. The molecule has 44 heavy (non-hydrogen) atoms. The molecule has 3 heterocycles. The molecule has 232 valence electrons. The highest BCUT2D eigenvalue weighted by atomic mass is 28.3. The third kappa shape index (κ3) is 5.70. The van der Waals surface area contributed by atoms with Crippen LogP contribution in [0.3, 0.4) is 0 Å². The van der Waals surface area contributed by atoms with Crippen LogP contribution in [0.4, 0.5) is 13.2 Å². The predicted molar refractivity (Wildman–Crippen MR) is 159 cm³/mol. The number of nitrogens with zero attached hydrogens (tertiary/aromatic N) is 5. The van der Waals surface area contributed by atoms with Crippen LogP contribution in [0.15, 0.2) is 40.9 Å². The van der Waals surface area contributed by atoms with Gasteiger partial charge in [0.15, 0.2) is 5.82 Å². The standard InChI is InChI=1S/C30H33F3N6O4Si/c1-18-13-24(40-3)26(21-9-10-35-27(18)21)29(30(31,32)33,42-16-25-38-37-19(2)43-25)28-36-22-14-20(15-34)7-8-23(22)39(28)17-41-11-12-44(4,5)6/h7-10,13-14,35H,11-12,16-17H2,1-6H3. The molecule has 0 saturated heterocycles. The molecule has 10 nitrogen and oxygen atoms in total. The maximum absolute atomic E-state index is 16.1. The molecular formula is C30H33F3N6O4Si. The van der Waals surface area contributed by atoms with Crippen LogP contribution in [0.25, 0.3) is 21.9 Å². The van der Waals surface area contributed by atoms with Crippen LogP contribution in [-0.2, 0) is 28.4 Å². The minimum atomic E-state index is -5.11. The van der Waals surface area contributed by atoms with Crippen LogP contribution in [0.5, 0.6) is 5.75 Å². The first-order valence-corrected chi connectivity index (χ1v) is 17.6. The van der Waals surface area contributed by atoms with E-state index in [1.807, 2.05) is 6.07 Å². The van der Waals surface area contributed by atoms with E-state index in [-0.39, 0.29) is 46.3 Å². The topological polar surface area (TPSA) is 124 Å². The van der Waals surface area contributed by atoms with Crippen molar-refractivity contribution < 1.29 is 31.8 Å². The summed E-state index contributed by atoms with van der Waals surface area (Å²) in [4.78, 5) is 7.57. The van der Waals surface area contributed by atoms with Gasteiger partial charge in [0.05, 0.1) is 35.3 Å². The number of ether oxygens (including phenoxy) is 3. The number of nitriles is 1. The predicted octanol–water partition coefficient (Wildman–Crippen LogP) is 6.73. The number of aromatic nitrogens is 5. The average Bonchev–Trinajstić information content (AvgIpc) is 3.69. The summed E-state index contributed by atoms with van der Waals surface area (Å²) in [6.45, 7) is 9.28. The molecule has 0 spiro atoms. The molecule has 3 aromatic heterocycles. The van der Waals surface area contributed by atoms with Gasteiger partial charge in [-0.2, -0.15) is 18.4 Å². The van der Waals surface area contributed by atoms with Gasteiger partial charge in [0.25, 0.3) is 5.60 Å². The number of methoxy groups -OCH3 is 1. The first kappa shape index (κ1) is 31.2. The lowest BCUT2D eigenvalue weighted by atomic mass is 9.86. The molecular weight excluding hydrogens is 593 g/mol. The van der Waals surface area contributed by atoms with Gasteiger partial charge in [-0.1, -0.05) is 19.6 Å². The molecule has 0 amide bonds. The molecule has 0 bridgehead atoms. The van der Waals surface area contributed by atoms with Crippen LogP contribution in [0.1, 0.15) is 34.3 Å². The van der Waals surface area contributed by atoms with E-state index in [9.17, 15) is 5.26 Å². The Hall–Kier alpha value is -4.19. The molecule has 0 saturated carbocycles. The first-order chi connectivity index (χ1) is 20.8. The van der Waals surface area contributed by atoms with Crippen molar-refractivity contribution in [2.24, 2.45) is 0 Å². The molecule has 1 atom stereocenters. The minimum absolute atomic E-state index is 0.0513. The Morgan fingerprint density at radius 2 is 1.89 bits per heavy atom. The summed E-state index contributed by atoms with van der Waals surface area (Å²) in [7, 11) is -0.194. The second-order valence-corrected chi connectivity index (χ2v) is 17.4. The molecule has 0 aliphatic rings. The van der Waals surface area contributed by atoms with E-state index in [4.69, 9.17) is 18.6 Å². The lowest BCUT2D eigenvalue weighted by molar-refractivity contribution is -0.276. The van der Waals surface area contributed by atoms with Crippen molar-refractivity contribution in [2.75, 3.05) is 13.7 Å². The Morgan fingerprint density at radius 1 is 1.11 bits per heavy atom. The number of halogens is 3. The first-order valence-electron chi connectivity index (χ1n) is 13.9. The second kappa shape index (κ2) is 11.7. The summed E-state index contributed by atoms with van der Waals surface area (Å²) in [5.74, 6) is -0.517. The van der Waals surface area contributed by atoms with E-state index >= 15 is 13.2 Å². The Bertz CT molecular complexity index is 1850. The summed E-state index contributed by atoms with van der Waals surface area (Å²) in [6.07, 6.45) is -3.55. The van der Waals surface area contributed by atoms with Crippen molar-refractivity contribution in [1.82, 2.24) is 24.7 Å². The molecule has 0 radical (unpaired) electrons. The number of benzene rings is 2. The van der Waals surface area contributed by atoms with Gasteiger partial charge < -0.3 is 28.2 Å². The summed E-state index contributed by atoms with van der Waals surface area (Å²) in [5, 5.41) is 17.4. The third-order valence-electron chi connectivity index (χ3n) is 7.36. The van der Waals surface area contributed by atoms with Crippen molar-refractivity contribution in [1.29, 1.82) is 5.26 Å². The smallest absolute Gasteiger partial charge is 0.429 e. The Labute approximate surface area is 252 Å². The zero-order chi connectivity index (χ0) is 31.9. The van der Waals surface area contributed by atoms with Gasteiger partial charge in [-0.3, -0.25) is 0 Å². The van der Waals surface area contributed by atoms with Gasteiger partial charge in [-0.25, -0.2) is 4.98 Å². The Balaban J connectivity index is 1.83. The van der Waals surface area contributed by atoms with E-state index in [1.165, 1.54) is 36.8 Å². The second-order valence-electron chi connectivity index (χ2n) is 11.7. The van der Waals surface area contributed by atoms with E-state index < -0.39 is 32.3 Å². The highest BCUT2D eigenvalue weighted by Gasteiger charge is 2.64. The van der Waals surface area contributed by atoms with Gasteiger partial charge in [0.1, 0.15) is 19.1 Å². The quantitative estimate of drug-likeness (QED) is 0.126. The summed E-state index contributed by atoms with van der Waals surface area (Å²) in [5.41, 5.74) is -1.60. The largest absolute Gasteiger partial charge is 0.496 e. The van der Waals surface area contributed by atoms with E-state index in [2.05, 4.69) is 39.8 Å². The lowest BCUT2D eigenvalue weighted by Gasteiger charge is -2.37. The minimum Gasteiger partial charge on any atom is -0.496 e. The third-order valence-corrected chi connectivity index (χ3v) is 9.07. The van der Waals surface area contributed by atoms with Crippen LogP contribution >= 0.6 is 0 Å². The average molecular weight is 627 g/mol. The van der Waals surface area contributed by atoms with E-state index in [0.29, 0.717) is 23.2 Å². The molecule has 14 heteroatoms. The van der Waals surface area contributed by atoms with Gasteiger partial charge in [0.2, 0.25) is 11.8 Å². The molecule has 2 aromatic carbocycles. The number of hydrogen-bond donors (Lipinski definition) is 1. The van der Waals surface area contributed by atoms with Crippen molar-refractivity contribution >= 4 is 30.0 Å². The van der Waals surface area contributed by atoms with Crippen LogP contribution < -0.4 is 4.74 Å². The zero-order valence-corrected chi connectivity index (χ0v) is 26.3. The zero-order valence-electron chi connectivity index (χ0n) is 25.3. The lowest BCUT2D eigenvalue weighted by Crippen LogP contribution is -2.48. The summed E-state index contributed by atoms with van der Waals surface area (Å²) in [6, 6.07) is 10.4. The maximum Gasteiger partial charge on any atom is 0.429 e. The molecule has 0 fully saturated rings. The van der Waals surface area contributed by atoms with Gasteiger partial charge in [0, 0.05) is 38.7 Å². The fourth-order valence-electron chi connectivity index (χ4n) is 5.20. The molecule has 1 unspecified atom stereocenters. The van der Waals surface area contributed by atoms with Crippen molar-refractivity contribution in [3.05, 3.63) is 70.8 Å². The number of aryl methyl sites for hydroxylation is 2. The van der Waals surface area contributed by atoms with Crippen LogP contribution in [0.2, 0.25) is 25.7 Å². The van der Waals surface area contributed by atoms with Crippen LogP contribution in [-0.4, -0.2) is 52.7 Å². The number of fused-ring (bicyclic) bond motifs is 2. The van der Waals surface area contributed by atoms with Crippen molar-refractivity contribution in [3.63, 3.8) is 0 Å². The number of alkyl halides is 3. The summed E-state index contributed by atoms with van der Waals surface area (Å²) >= 11 is 0. The van der Waals surface area contributed by atoms with Gasteiger partial charge in [-0.05, 0) is 48.9 Å². The number of H-pyrrole nitrogens is 1. The molecule has 5 rings (SSSR count). The molecule has 0 aliphatic carbocycles. The number of rotatable bonds is 11. The monoisotopic (exact) mass is 626 g/mol. The molecule has 1 N–H and O–H groups in total. The highest BCUT2D eigenvalue weighted by molar-refractivity contribution is 6.76. The molecule has 0 aliphatic heterocycles. The molecule has 5 aromatic rings. The number of hydrogen-bond acceptors (Lipinski definition) is 8. The van der Waals surface area contributed by atoms with Crippen LogP contribution in [0, 0.1) is 25.2 Å². The maximum atomic E-state index is 16.1. The fraction of sp³-hybridized carbons (Fsp3) is 0.400. The van der Waals surface area contributed by atoms with E-state index in [0.717, 1.165) is 6.04 Å². The number of imidazole rings is 1.